The lowest BCUT2D eigenvalue weighted by Gasteiger charge is -2.09. The number of hydrogen-bond donors (Lipinski definition) is 2. The van der Waals surface area contributed by atoms with Crippen molar-refractivity contribution in [2.24, 2.45) is 0 Å². The standard InChI is InChI=1S/C9H9F3N2S/c10-6-1-3-7(4-2-6)14-9(15)13-5-8(11)12/h1-4,8H,5H2,(H2,13,14,15). The molecule has 0 bridgehead atoms. The molecule has 0 heterocycles. The van der Waals surface area contributed by atoms with Gasteiger partial charge in [0.1, 0.15) is 5.82 Å². The zero-order valence-electron chi connectivity index (χ0n) is 7.64. The van der Waals surface area contributed by atoms with E-state index < -0.39 is 13.0 Å². The summed E-state index contributed by atoms with van der Waals surface area (Å²) in [5.41, 5.74) is 0.545. The predicted molar refractivity (Wildman–Crippen MR) is 56.6 cm³/mol. The molecule has 0 aromatic heterocycles. The molecule has 15 heavy (non-hydrogen) atoms. The van der Waals surface area contributed by atoms with Crippen LogP contribution in [0.5, 0.6) is 0 Å². The molecule has 2 nitrogen and oxygen atoms in total. The minimum absolute atomic E-state index is 0.0851. The van der Waals surface area contributed by atoms with Crippen LogP contribution in [-0.2, 0) is 0 Å². The summed E-state index contributed by atoms with van der Waals surface area (Å²) in [4.78, 5) is 0. The molecule has 0 atom stereocenters. The van der Waals surface area contributed by atoms with Gasteiger partial charge in [0, 0.05) is 5.69 Å². The molecular weight excluding hydrogens is 225 g/mol. The van der Waals surface area contributed by atoms with Gasteiger partial charge in [-0.05, 0) is 36.5 Å². The fourth-order valence-electron chi connectivity index (χ4n) is 0.878. The number of thiocarbonyl (C=S) groups is 1. The molecule has 2 N–H and O–H groups in total. The number of nitrogens with one attached hydrogen (secondary N) is 2. The largest absolute Gasteiger partial charge is 0.357 e. The number of alkyl halides is 2. The van der Waals surface area contributed by atoms with Crippen LogP contribution < -0.4 is 10.6 Å². The Hall–Kier alpha value is -1.30. The van der Waals surface area contributed by atoms with E-state index in [-0.39, 0.29) is 10.9 Å². The van der Waals surface area contributed by atoms with Gasteiger partial charge in [0.05, 0.1) is 6.54 Å². The van der Waals surface area contributed by atoms with Gasteiger partial charge in [-0.1, -0.05) is 0 Å². The smallest absolute Gasteiger partial charge is 0.255 e. The third-order valence-corrected chi connectivity index (χ3v) is 1.77. The van der Waals surface area contributed by atoms with Crippen LogP contribution in [-0.4, -0.2) is 18.1 Å². The Balaban J connectivity index is 2.41. The van der Waals surface area contributed by atoms with Crippen molar-refractivity contribution in [1.29, 1.82) is 0 Å². The van der Waals surface area contributed by atoms with Crippen molar-refractivity contribution in [3.05, 3.63) is 30.1 Å². The third kappa shape index (κ3) is 4.64. The minimum atomic E-state index is -2.46. The van der Waals surface area contributed by atoms with Crippen molar-refractivity contribution >= 4 is 23.0 Å². The van der Waals surface area contributed by atoms with Crippen molar-refractivity contribution in [3.63, 3.8) is 0 Å². The SMILES string of the molecule is Fc1ccc(NC(=S)NCC(F)F)cc1. The highest BCUT2D eigenvalue weighted by Crippen LogP contribution is 2.07. The second-order valence-electron chi connectivity index (χ2n) is 2.73. The second kappa shape index (κ2) is 5.55. The van der Waals surface area contributed by atoms with Crippen LogP contribution in [0.25, 0.3) is 0 Å². The van der Waals surface area contributed by atoms with E-state index in [0.29, 0.717) is 5.69 Å². The summed E-state index contributed by atoms with van der Waals surface area (Å²) in [6.45, 7) is -0.507. The van der Waals surface area contributed by atoms with E-state index in [1.54, 1.807) is 0 Å². The highest BCUT2D eigenvalue weighted by Gasteiger charge is 2.03. The van der Waals surface area contributed by atoms with E-state index in [4.69, 9.17) is 12.2 Å². The molecule has 82 valence electrons. The molecule has 0 saturated heterocycles. The molecule has 6 heteroatoms. The summed E-state index contributed by atoms with van der Waals surface area (Å²) in [7, 11) is 0. The van der Waals surface area contributed by atoms with Crippen LogP contribution >= 0.6 is 12.2 Å². The van der Waals surface area contributed by atoms with Gasteiger partial charge in [-0.2, -0.15) is 0 Å². The maximum absolute atomic E-state index is 12.5. The van der Waals surface area contributed by atoms with Crippen molar-refractivity contribution in [1.82, 2.24) is 5.32 Å². The summed E-state index contributed by atoms with van der Waals surface area (Å²) in [6, 6.07) is 5.42. The van der Waals surface area contributed by atoms with E-state index in [1.165, 1.54) is 24.3 Å². The van der Waals surface area contributed by atoms with Crippen LogP contribution in [0.2, 0.25) is 0 Å². The van der Waals surface area contributed by atoms with Crippen LogP contribution in [0.4, 0.5) is 18.9 Å². The summed E-state index contributed by atoms with van der Waals surface area (Å²) in [6.07, 6.45) is -2.46. The number of benzene rings is 1. The van der Waals surface area contributed by atoms with Gasteiger partial charge in [0.2, 0.25) is 0 Å². The summed E-state index contributed by atoms with van der Waals surface area (Å²) in [5.74, 6) is -0.369. The Morgan fingerprint density at radius 3 is 2.40 bits per heavy atom. The normalized spacial score (nSPS) is 10.1. The van der Waals surface area contributed by atoms with Crippen LogP contribution in [0, 0.1) is 5.82 Å². The molecule has 0 fully saturated rings. The van der Waals surface area contributed by atoms with Crippen molar-refractivity contribution < 1.29 is 13.2 Å². The van der Waals surface area contributed by atoms with Gasteiger partial charge >= 0.3 is 0 Å². The summed E-state index contributed by atoms with van der Waals surface area (Å²) in [5, 5.41) is 5.05. The first-order chi connectivity index (χ1) is 7.08. The molecular formula is C9H9F3N2S. The lowest BCUT2D eigenvalue weighted by molar-refractivity contribution is 0.152. The second-order valence-corrected chi connectivity index (χ2v) is 3.14. The average Bonchev–Trinajstić information content (AvgIpc) is 2.19. The molecule has 0 aliphatic heterocycles. The van der Waals surface area contributed by atoms with Crippen molar-refractivity contribution in [2.75, 3.05) is 11.9 Å². The molecule has 0 saturated carbocycles. The highest BCUT2D eigenvalue weighted by molar-refractivity contribution is 7.80. The van der Waals surface area contributed by atoms with Crippen molar-refractivity contribution in [2.45, 2.75) is 6.43 Å². The quantitative estimate of drug-likeness (QED) is 0.785. The molecule has 0 spiro atoms. The zero-order valence-corrected chi connectivity index (χ0v) is 8.45. The lowest BCUT2D eigenvalue weighted by atomic mass is 10.3. The van der Waals surface area contributed by atoms with Gasteiger partial charge in [-0.15, -0.1) is 0 Å². The lowest BCUT2D eigenvalue weighted by Crippen LogP contribution is -2.32. The van der Waals surface area contributed by atoms with E-state index in [1.807, 2.05) is 0 Å². The monoisotopic (exact) mass is 234 g/mol. The molecule has 0 aliphatic rings. The third-order valence-electron chi connectivity index (χ3n) is 1.52. The Labute approximate surface area is 90.5 Å². The first-order valence-electron chi connectivity index (χ1n) is 4.16. The molecule has 1 aromatic carbocycles. The maximum atomic E-state index is 12.5. The minimum Gasteiger partial charge on any atom is -0.357 e. The highest BCUT2D eigenvalue weighted by atomic mass is 32.1. The molecule has 1 rings (SSSR count). The Morgan fingerprint density at radius 1 is 1.27 bits per heavy atom. The van der Waals surface area contributed by atoms with Crippen molar-refractivity contribution in [3.8, 4) is 0 Å². The number of halogens is 3. The average molecular weight is 234 g/mol. The summed E-state index contributed by atoms with van der Waals surface area (Å²) < 4.78 is 36.1. The van der Waals surface area contributed by atoms with Crippen LogP contribution in [0.3, 0.4) is 0 Å². The molecule has 1 aromatic rings. The topological polar surface area (TPSA) is 24.1 Å². The predicted octanol–water partition coefficient (Wildman–Crippen LogP) is 2.38. The first-order valence-corrected chi connectivity index (χ1v) is 4.57. The van der Waals surface area contributed by atoms with E-state index in [0.717, 1.165) is 0 Å². The number of anilines is 1. The van der Waals surface area contributed by atoms with Gasteiger partial charge < -0.3 is 10.6 Å². The van der Waals surface area contributed by atoms with Crippen LogP contribution in [0.15, 0.2) is 24.3 Å². The maximum Gasteiger partial charge on any atom is 0.255 e. The van der Waals surface area contributed by atoms with Gasteiger partial charge in [0.25, 0.3) is 6.43 Å². The Morgan fingerprint density at radius 2 is 1.87 bits per heavy atom. The number of rotatable bonds is 3. The number of hydrogen-bond acceptors (Lipinski definition) is 1. The Kier molecular flexibility index (Phi) is 4.36. The molecule has 0 aliphatic carbocycles. The Bertz CT molecular complexity index is 327. The van der Waals surface area contributed by atoms with E-state index in [9.17, 15) is 13.2 Å². The molecule has 0 amide bonds. The summed E-state index contributed by atoms with van der Waals surface area (Å²) >= 11 is 4.74. The molecule has 0 radical (unpaired) electrons. The first kappa shape index (κ1) is 11.8. The van der Waals surface area contributed by atoms with Gasteiger partial charge in [-0.25, -0.2) is 13.2 Å². The van der Waals surface area contributed by atoms with E-state index in [2.05, 4.69) is 10.6 Å². The van der Waals surface area contributed by atoms with Crippen LogP contribution in [0.1, 0.15) is 0 Å². The zero-order chi connectivity index (χ0) is 11.3. The fraction of sp³-hybridized carbons (Fsp3) is 0.222. The fourth-order valence-corrected chi connectivity index (χ4v) is 1.08. The van der Waals surface area contributed by atoms with Gasteiger partial charge in [-0.3, -0.25) is 0 Å². The van der Waals surface area contributed by atoms with E-state index >= 15 is 0 Å². The molecule has 0 unspecified atom stereocenters. The van der Waals surface area contributed by atoms with Gasteiger partial charge in [0.15, 0.2) is 5.11 Å².